The SMILES string of the molecule is O=C1c2c(O)c(=O)c(-c3ccccn3)cn2CCN1Cc1ccc(Cl)c(Cl)c1. The Morgan fingerprint density at radius 3 is 2.61 bits per heavy atom. The monoisotopic (exact) mass is 415 g/mol. The van der Waals surface area contributed by atoms with Gasteiger partial charge in [-0.15, -0.1) is 0 Å². The predicted octanol–water partition coefficient (Wildman–Crippen LogP) is 3.58. The molecule has 4 rings (SSSR count). The highest BCUT2D eigenvalue weighted by atomic mass is 35.5. The molecule has 8 heteroatoms. The van der Waals surface area contributed by atoms with Crippen molar-refractivity contribution in [3.63, 3.8) is 0 Å². The number of hydrogen-bond acceptors (Lipinski definition) is 4. The lowest BCUT2D eigenvalue weighted by molar-refractivity contribution is 0.0683. The summed E-state index contributed by atoms with van der Waals surface area (Å²) < 4.78 is 1.61. The Morgan fingerprint density at radius 1 is 1.07 bits per heavy atom. The van der Waals surface area contributed by atoms with Crippen LogP contribution < -0.4 is 5.43 Å². The fraction of sp³-hybridized carbons (Fsp3) is 0.150. The quantitative estimate of drug-likeness (QED) is 0.709. The zero-order valence-electron chi connectivity index (χ0n) is 14.6. The minimum Gasteiger partial charge on any atom is -0.503 e. The van der Waals surface area contributed by atoms with Crippen LogP contribution in [-0.2, 0) is 13.1 Å². The number of halogens is 2. The van der Waals surface area contributed by atoms with Gasteiger partial charge in [-0.05, 0) is 29.8 Å². The van der Waals surface area contributed by atoms with Gasteiger partial charge in [-0.3, -0.25) is 14.6 Å². The molecule has 3 aromatic rings. The number of aromatic nitrogens is 2. The van der Waals surface area contributed by atoms with Gasteiger partial charge in [0.15, 0.2) is 11.4 Å². The van der Waals surface area contributed by atoms with Gasteiger partial charge in [0.25, 0.3) is 5.91 Å². The van der Waals surface area contributed by atoms with Crippen LogP contribution in [0, 0.1) is 0 Å². The largest absolute Gasteiger partial charge is 0.503 e. The number of nitrogens with zero attached hydrogens (tertiary/aromatic N) is 3. The first-order chi connectivity index (χ1) is 13.5. The van der Waals surface area contributed by atoms with E-state index in [4.69, 9.17) is 23.2 Å². The predicted molar refractivity (Wildman–Crippen MR) is 107 cm³/mol. The van der Waals surface area contributed by atoms with Crippen LogP contribution in [0.3, 0.4) is 0 Å². The maximum absolute atomic E-state index is 12.9. The summed E-state index contributed by atoms with van der Waals surface area (Å²) >= 11 is 12.0. The first kappa shape index (κ1) is 18.5. The van der Waals surface area contributed by atoms with Crippen LogP contribution in [0.4, 0.5) is 0 Å². The number of pyridine rings is 2. The van der Waals surface area contributed by atoms with Gasteiger partial charge in [0, 0.05) is 32.0 Å². The van der Waals surface area contributed by atoms with Gasteiger partial charge >= 0.3 is 0 Å². The molecule has 1 aliphatic heterocycles. The highest BCUT2D eigenvalue weighted by Gasteiger charge is 2.30. The molecule has 0 bridgehead atoms. The summed E-state index contributed by atoms with van der Waals surface area (Å²) in [5, 5.41) is 11.3. The number of amides is 1. The maximum Gasteiger partial charge on any atom is 0.274 e. The molecular formula is C20H15Cl2N3O3. The average molecular weight is 416 g/mol. The Labute approximate surface area is 170 Å². The Kier molecular flexibility index (Phi) is 4.83. The van der Waals surface area contributed by atoms with Crippen LogP contribution in [-0.4, -0.2) is 32.0 Å². The second-order valence-corrected chi connectivity index (χ2v) is 7.27. The summed E-state index contributed by atoms with van der Waals surface area (Å²) in [5.74, 6) is -0.980. The number of carbonyl (C=O) groups is 1. The average Bonchev–Trinajstić information content (AvgIpc) is 2.70. The van der Waals surface area contributed by atoms with Crippen molar-refractivity contribution in [2.24, 2.45) is 0 Å². The number of aromatic hydroxyl groups is 1. The molecule has 0 atom stereocenters. The molecule has 0 spiro atoms. The Hall–Kier alpha value is -2.83. The van der Waals surface area contributed by atoms with E-state index in [1.54, 1.807) is 58.3 Å². The van der Waals surface area contributed by atoms with Crippen LogP contribution in [0.15, 0.2) is 53.6 Å². The lowest BCUT2D eigenvalue weighted by Gasteiger charge is -2.30. The fourth-order valence-electron chi connectivity index (χ4n) is 3.24. The van der Waals surface area contributed by atoms with Gasteiger partial charge in [-0.2, -0.15) is 0 Å². The molecule has 0 aliphatic carbocycles. The van der Waals surface area contributed by atoms with Crippen molar-refractivity contribution in [3.8, 4) is 17.0 Å². The Bertz CT molecular complexity index is 1130. The summed E-state index contributed by atoms with van der Waals surface area (Å²) in [6, 6.07) is 10.3. The normalized spacial score (nSPS) is 13.5. The van der Waals surface area contributed by atoms with Crippen molar-refractivity contribution in [3.05, 3.63) is 80.3 Å². The standard InChI is InChI=1S/C20H15Cl2N3O3/c21-14-5-4-12(9-15(14)22)10-25-8-7-24-11-13(16-3-1-2-6-23-16)18(26)19(27)17(24)20(25)28/h1-6,9,11,27H,7-8,10H2. The van der Waals surface area contributed by atoms with Crippen molar-refractivity contribution in [1.82, 2.24) is 14.5 Å². The topological polar surface area (TPSA) is 75.4 Å². The summed E-state index contributed by atoms with van der Waals surface area (Å²) in [5.41, 5.74) is 0.880. The third kappa shape index (κ3) is 3.25. The minimum absolute atomic E-state index is 0.0176. The summed E-state index contributed by atoms with van der Waals surface area (Å²) in [7, 11) is 0. The first-order valence-corrected chi connectivity index (χ1v) is 9.32. The molecule has 0 saturated carbocycles. The molecule has 2 aromatic heterocycles. The molecular weight excluding hydrogens is 401 g/mol. The summed E-state index contributed by atoms with van der Waals surface area (Å²) in [4.78, 5) is 31.3. The van der Waals surface area contributed by atoms with E-state index in [2.05, 4.69) is 4.98 Å². The zero-order chi connectivity index (χ0) is 19.8. The number of benzene rings is 1. The van der Waals surface area contributed by atoms with E-state index in [0.29, 0.717) is 35.4 Å². The molecule has 0 saturated heterocycles. The molecule has 1 N–H and O–H groups in total. The maximum atomic E-state index is 12.9. The smallest absolute Gasteiger partial charge is 0.274 e. The van der Waals surface area contributed by atoms with Crippen LogP contribution >= 0.6 is 23.2 Å². The lowest BCUT2D eigenvalue weighted by atomic mass is 10.1. The number of carbonyl (C=O) groups excluding carboxylic acids is 1. The van der Waals surface area contributed by atoms with Crippen molar-refractivity contribution in [1.29, 1.82) is 0 Å². The van der Waals surface area contributed by atoms with Crippen molar-refractivity contribution in [2.45, 2.75) is 13.1 Å². The molecule has 28 heavy (non-hydrogen) atoms. The van der Waals surface area contributed by atoms with E-state index in [1.807, 2.05) is 0 Å². The Morgan fingerprint density at radius 2 is 1.89 bits per heavy atom. The number of hydrogen-bond donors (Lipinski definition) is 1. The number of fused-ring (bicyclic) bond motifs is 1. The van der Waals surface area contributed by atoms with Gasteiger partial charge in [-0.25, -0.2) is 0 Å². The van der Waals surface area contributed by atoms with Crippen LogP contribution in [0.5, 0.6) is 5.75 Å². The molecule has 0 radical (unpaired) electrons. The van der Waals surface area contributed by atoms with E-state index in [-0.39, 0.29) is 11.3 Å². The highest BCUT2D eigenvalue weighted by molar-refractivity contribution is 6.42. The Balaban J connectivity index is 1.69. The highest BCUT2D eigenvalue weighted by Crippen LogP contribution is 2.27. The second-order valence-electron chi connectivity index (χ2n) is 6.45. The van der Waals surface area contributed by atoms with Crippen molar-refractivity contribution < 1.29 is 9.90 Å². The van der Waals surface area contributed by atoms with E-state index < -0.39 is 17.1 Å². The van der Waals surface area contributed by atoms with E-state index >= 15 is 0 Å². The van der Waals surface area contributed by atoms with Gasteiger partial charge in [0.2, 0.25) is 5.43 Å². The molecule has 0 unspecified atom stereocenters. The van der Waals surface area contributed by atoms with Crippen molar-refractivity contribution >= 4 is 29.1 Å². The van der Waals surface area contributed by atoms with E-state index in [9.17, 15) is 14.7 Å². The van der Waals surface area contributed by atoms with Gasteiger partial charge in [0.05, 0.1) is 21.3 Å². The van der Waals surface area contributed by atoms with Crippen molar-refractivity contribution in [2.75, 3.05) is 6.54 Å². The molecule has 3 heterocycles. The number of rotatable bonds is 3. The zero-order valence-corrected chi connectivity index (χ0v) is 16.1. The molecule has 142 valence electrons. The second kappa shape index (κ2) is 7.30. The molecule has 6 nitrogen and oxygen atoms in total. The first-order valence-electron chi connectivity index (χ1n) is 8.56. The molecule has 1 amide bonds. The van der Waals surface area contributed by atoms with Crippen LogP contribution in [0.25, 0.3) is 11.3 Å². The van der Waals surface area contributed by atoms with E-state index in [0.717, 1.165) is 5.56 Å². The third-order valence-electron chi connectivity index (χ3n) is 4.66. The van der Waals surface area contributed by atoms with Gasteiger partial charge < -0.3 is 14.6 Å². The van der Waals surface area contributed by atoms with Gasteiger partial charge in [-0.1, -0.05) is 35.3 Å². The fourth-order valence-corrected chi connectivity index (χ4v) is 3.56. The summed E-state index contributed by atoms with van der Waals surface area (Å²) in [6.45, 7) is 1.16. The molecule has 0 fully saturated rings. The van der Waals surface area contributed by atoms with Gasteiger partial charge in [0.1, 0.15) is 0 Å². The van der Waals surface area contributed by atoms with E-state index in [1.165, 1.54) is 0 Å². The minimum atomic E-state index is -0.616. The third-order valence-corrected chi connectivity index (χ3v) is 5.39. The van der Waals surface area contributed by atoms with Crippen LogP contribution in [0.2, 0.25) is 10.0 Å². The van der Waals surface area contributed by atoms with Crippen LogP contribution in [0.1, 0.15) is 16.1 Å². The molecule has 1 aliphatic rings. The lowest BCUT2D eigenvalue weighted by Crippen LogP contribution is -2.41. The molecule has 1 aromatic carbocycles. The summed E-state index contributed by atoms with van der Waals surface area (Å²) in [6.07, 6.45) is 3.15.